The minimum absolute atomic E-state index is 0.288. The topological polar surface area (TPSA) is 48.3 Å². The maximum Gasteiger partial charge on any atom is 0.142 e. The number of anilines is 1. The highest BCUT2D eigenvalue weighted by Crippen LogP contribution is 2.41. The lowest BCUT2D eigenvalue weighted by Gasteiger charge is -2.35. The molecule has 114 valence electrons. The zero-order valence-corrected chi connectivity index (χ0v) is 13.4. The molecular weight excluding hydrogens is 262 g/mol. The number of likely N-dealkylation sites (N-methyl/N-ethyl adjacent to an activating group) is 1. The van der Waals surface area contributed by atoms with Gasteiger partial charge in [0, 0.05) is 19.6 Å². The lowest BCUT2D eigenvalue weighted by Crippen LogP contribution is -2.56. The Kier molecular flexibility index (Phi) is 4.74. The third-order valence-electron chi connectivity index (χ3n) is 4.00. The Morgan fingerprint density at radius 1 is 1.43 bits per heavy atom. The monoisotopic (exact) mass is 287 g/mol. The van der Waals surface area contributed by atoms with Crippen LogP contribution in [0.1, 0.15) is 26.7 Å². The van der Waals surface area contributed by atoms with Crippen molar-refractivity contribution in [2.24, 2.45) is 5.92 Å². The Labute approximate surface area is 127 Å². The van der Waals surface area contributed by atoms with Crippen molar-refractivity contribution in [3.8, 4) is 11.8 Å². The van der Waals surface area contributed by atoms with Crippen LogP contribution in [0.2, 0.25) is 0 Å². The predicted octanol–water partition coefficient (Wildman–Crippen LogP) is 2.80. The Morgan fingerprint density at radius 2 is 2.10 bits per heavy atom. The van der Waals surface area contributed by atoms with Crippen LogP contribution in [0.15, 0.2) is 24.3 Å². The van der Waals surface area contributed by atoms with Gasteiger partial charge in [0.05, 0.1) is 18.9 Å². The third kappa shape index (κ3) is 3.48. The van der Waals surface area contributed by atoms with E-state index in [-0.39, 0.29) is 6.04 Å². The molecule has 21 heavy (non-hydrogen) atoms. The molecular formula is C17H25N3O. The van der Waals surface area contributed by atoms with Gasteiger partial charge in [0.25, 0.3) is 0 Å². The van der Waals surface area contributed by atoms with Gasteiger partial charge in [-0.05, 0) is 44.7 Å². The number of nitrogens with one attached hydrogen (secondary N) is 1. The van der Waals surface area contributed by atoms with Gasteiger partial charge in [-0.3, -0.25) is 5.32 Å². The largest absolute Gasteiger partial charge is 0.495 e. The Hall–Kier alpha value is -1.73. The van der Waals surface area contributed by atoms with Crippen LogP contribution in [0.25, 0.3) is 0 Å². The van der Waals surface area contributed by atoms with Gasteiger partial charge in [-0.15, -0.1) is 0 Å². The molecule has 1 aromatic carbocycles. The summed E-state index contributed by atoms with van der Waals surface area (Å²) < 4.78 is 5.43. The van der Waals surface area contributed by atoms with Crippen LogP contribution in [-0.2, 0) is 0 Å². The first-order chi connectivity index (χ1) is 10.0. The van der Waals surface area contributed by atoms with E-state index in [1.165, 1.54) is 0 Å². The number of hydrogen-bond donors (Lipinski definition) is 1. The van der Waals surface area contributed by atoms with E-state index in [1.807, 2.05) is 31.3 Å². The Balaban J connectivity index is 2.22. The molecule has 1 aliphatic rings. The average Bonchev–Trinajstić information content (AvgIpc) is 3.30. The minimum atomic E-state index is -0.482. The van der Waals surface area contributed by atoms with E-state index >= 15 is 0 Å². The van der Waals surface area contributed by atoms with Gasteiger partial charge in [0.2, 0.25) is 0 Å². The number of methoxy groups -OCH3 is 1. The summed E-state index contributed by atoms with van der Waals surface area (Å²) in [5.74, 6) is 1.29. The van der Waals surface area contributed by atoms with Crippen LogP contribution in [0.5, 0.6) is 5.75 Å². The Morgan fingerprint density at radius 3 is 2.62 bits per heavy atom. The normalized spacial score (nSPS) is 17.1. The van der Waals surface area contributed by atoms with E-state index in [4.69, 9.17) is 4.74 Å². The minimum Gasteiger partial charge on any atom is -0.495 e. The predicted molar refractivity (Wildman–Crippen MR) is 85.6 cm³/mol. The molecule has 1 aromatic rings. The molecule has 0 aromatic heterocycles. The van der Waals surface area contributed by atoms with Gasteiger partial charge < -0.3 is 9.64 Å². The first-order valence-electron chi connectivity index (χ1n) is 7.55. The third-order valence-corrected chi connectivity index (χ3v) is 4.00. The van der Waals surface area contributed by atoms with Crippen LogP contribution >= 0.6 is 0 Å². The number of rotatable bonds is 7. The van der Waals surface area contributed by atoms with Crippen LogP contribution in [0.4, 0.5) is 5.69 Å². The summed E-state index contributed by atoms with van der Waals surface area (Å²) in [6.45, 7) is 4.85. The first-order valence-corrected chi connectivity index (χ1v) is 7.55. The van der Waals surface area contributed by atoms with Crippen LogP contribution in [0, 0.1) is 17.2 Å². The molecule has 0 spiro atoms. The molecule has 0 saturated heterocycles. The van der Waals surface area contributed by atoms with Crippen LogP contribution in [-0.4, -0.2) is 32.3 Å². The summed E-state index contributed by atoms with van der Waals surface area (Å²) in [4.78, 5) is 2.12. The molecule has 0 aliphatic heterocycles. The lowest BCUT2D eigenvalue weighted by atomic mass is 9.93. The zero-order chi connectivity index (χ0) is 15.5. The average molecular weight is 287 g/mol. The van der Waals surface area contributed by atoms with Crippen molar-refractivity contribution in [3.63, 3.8) is 0 Å². The van der Waals surface area contributed by atoms with Crippen LogP contribution < -0.4 is 15.0 Å². The molecule has 0 amide bonds. The smallest absolute Gasteiger partial charge is 0.142 e. The summed E-state index contributed by atoms with van der Waals surface area (Å²) in [5.41, 5.74) is 0.537. The van der Waals surface area contributed by atoms with Crippen molar-refractivity contribution in [1.82, 2.24) is 5.32 Å². The highest BCUT2D eigenvalue weighted by molar-refractivity contribution is 5.58. The molecule has 1 fully saturated rings. The standard InChI is InChI=1S/C17H25N3O/c1-13(2)19-17(11-18,14-9-10-14)12-20(3)15-7-5-6-8-16(15)21-4/h5-8,13-14,19H,9-10,12H2,1-4H3. The zero-order valence-electron chi connectivity index (χ0n) is 13.4. The van der Waals surface area contributed by atoms with E-state index in [0.717, 1.165) is 24.3 Å². The van der Waals surface area contributed by atoms with E-state index < -0.39 is 5.54 Å². The highest BCUT2D eigenvalue weighted by Gasteiger charge is 2.46. The SMILES string of the molecule is COc1ccccc1N(C)CC(C#N)(NC(C)C)C1CC1. The molecule has 2 rings (SSSR count). The number of nitriles is 1. The quantitative estimate of drug-likeness (QED) is 0.838. The van der Waals surface area contributed by atoms with Crippen molar-refractivity contribution in [2.75, 3.05) is 25.6 Å². The molecule has 0 bridgehead atoms. The summed E-state index contributed by atoms with van der Waals surface area (Å²) in [6.07, 6.45) is 2.26. The van der Waals surface area contributed by atoms with Gasteiger partial charge in [0.1, 0.15) is 11.3 Å². The summed E-state index contributed by atoms with van der Waals surface area (Å²) >= 11 is 0. The maximum atomic E-state index is 9.79. The molecule has 1 atom stereocenters. The van der Waals surface area contributed by atoms with Gasteiger partial charge in [-0.25, -0.2) is 0 Å². The second kappa shape index (κ2) is 6.36. The first kappa shape index (κ1) is 15.7. The number of hydrogen-bond acceptors (Lipinski definition) is 4. The number of para-hydroxylation sites is 2. The van der Waals surface area contributed by atoms with Gasteiger partial charge in [0.15, 0.2) is 0 Å². The highest BCUT2D eigenvalue weighted by atomic mass is 16.5. The van der Waals surface area contributed by atoms with Crippen molar-refractivity contribution in [1.29, 1.82) is 5.26 Å². The van der Waals surface area contributed by atoms with Gasteiger partial charge >= 0.3 is 0 Å². The summed E-state index contributed by atoms with van der Waals surface area (Å²) in [5, 5.41) is 13.3. The molecule has 1 unspecified atom stereocenters. The van der Waals surface area contributed by atoms with Crippen molar-refractivity contribution < 1.29 is 4.74 Å². The fourth-order valence-electron chi connectivity index (χ4n) is 2.95. The molecule has 1 aliphatic carbocycles. The molecule has 1 N–H and O–H groups in total. The fraction of sp³-hybridized carbons (Fsp3) is 0.588. The second-order valence-corrected chi connectivity index (χ2v) is 6.18. The summed E-state index contributed by atoms with van der Waals surface area (Å²) in [7, 11) is 3.70. The number of benzene rings is 1. The van der Waals surface area contributed by atoms with Gasteiger partial charge in [-0.2, -0.15) is 5.26 Å². The molecule has 0 radical (unpaired) electrons. The fourth-order valence-corrected chi connectivity index (χ4v) is 2.95. The summed E-state index contributed by atoms with van der Waals surface area (Å²) in [6, 6.07) is 10.8. The number of nitrogens with zero attached hydrogens (tertiary/aromatic N) is 2. The molecule has 4 heteroatoms. The van der Waals surface area contributed by atoms with E-state index in [2.05, 4.69) is 30.1 Å². The van der Waals surface area contributed by atoms with Crippen molar-refractivity contribution in [2.45, 2.75) is 38.3 Å². The maximum absolute atomic E-state index is 9.79. The van der Waals surface area contributed by atoms with Crippen LogP contribution in [0.3, 0.4) is 0 Å². The van der Waals surface area contributed by atoms with E-state index in [0.29, 0.717) is 12.5 Å². The molecule has 1 saturated carbocycles. The van der Waals surface area contributed by atoms with Crippen molar-refractivity contribution in [3.05, 3.63) is 24.3 Å². The second-order valence-electron chi connectivity index (χ2n) is 6.18. The molecule has 4 nitrogen and oxygen atoms in total. The Bertz CT molecular complexity index is 519. The van der Waals surface area contributed by atoms with E-state index in [9.17, 15) is 5.26 Å². The molecule has 0 heterocycles. The van der Waals surface area contributed by atoms with Gasteiger partial charge in [-0.1, -0.05) is 12.1 Å². The number of ether oxygens (including phenoxy) is 1. The van der Waals surface area contributed by atoms with Crippen molar-refractivity contribution >= 4 is 5.69 Å². The lowest BCUT2D eigenvalue weighted by molar-refractivity contribution is 0.338. The van der Waals surface area contributed by atoms with E-state index in [1.54, 1.807) is 7.11 Å².